The zero-order valence-electron chi connectivity index (χ0n) is 26.6. The lowest BCUT2D eigenvalue weighted by molar-refractivity contribution is 0.374. The average molecular weight is 672 g/mol. The van der Waals surface area contributed by atoms with Gasteiger partial charge in [0.15, 0.2) is 0 Å². The minimum atomic E-state index is -3.47. The predicted octanol–water partition coefficient (Wildman–Crippen LogP) is 5.71. The van der Waals surface area contributed by atoms with Gasteiger partial charge in [0, 0.05) is 18.1 Å². The van der Waals surface area contributed by atoms with Crippen LogP contribution in [0.2, 0.25) is 0 Å². The first kappa shape index (κ1) is 39.3. The highest BCUT2D eigenvalue weighted by Crippen LogP contribution is 2.19. The van der Waals surface area contributed by atoms with Gasteiger partial charge < -0.3 is 0 Å². The van der Waals surface area contributed by atoms with Crippen molar-refractivity contribution >= 4 is 30.1 Å². The molecule has 3 aromatic rings. The van der Waals surface area contributed by atoms with E-state index in [4.69, 9.17) is 0 Å². The van der Waals surface area contributed by atoms with Gasteiger partial charge in [-0.15, -0.1) is 0 Å². The first-order valence-corrected chi connectivity index (χ1v) is 18.7. The Hall–Kier alpha value is -2.68. The first-order chi connectivity index (χ1) is 20.3. The van der Waals surface area contributed by atoms with Gasteiger partial charge in [-0.25, -0.2) is 43.8 Å². The normalized spacial score (nSPS) is 12.7. The molecule has 0 saturated carbocycles. The first-order valence-electron chi connectivity index (χ1n) is 14.3. The highest BCUT2D eigenvalue weighted by atomic mass is 32.2. The number of alkyl halides is 1. The summed E-state index contributed by atoms with van der Waals surface area (Å²) in [6, 6.07) is 20.8. The van der Waals surface area contributed by atoms with Crippen LogP contribution in [0, 0.1) is 0 Å². The third-order valence-corrected chi connectivity index (χ3v) is 10.5. The van der Waals surface area contributed by atoms with Crippen molar-refractivity contribution in [1.82, 2.24) is 14.2 Å². The number of hydrogen-bond acceptors (Lipinski definition) is 6. The van der Waals surface area contributed by atoms with E-state index in [2.05, 4.69) is 14.2 Å². The molecule has 9 nitrogen and oxygen atoms in total. The van der Waals surface area contributed by atoms with Crippen molar-refractivity contribution in [1.29, 1.82) is 0 Å². The molecule has 246 valence electrons. The summed E-state index contributed by atoms with van der Waals surface area (Å²) in [6.45, 7) is 14.1. The number of benzene rings is 3. The lowest BCUT2D eigenvalue weighted by Crippen LogP contribution is -2.30. The van der Waals surface area contributed by atoms with Gasteiger partial charge in [0.1, 0.15) is 6.17 Å². The van der Waals surface area contributed by atoms with Gasteiger partial charge in [0.2, 0.25) is 30.1 Å². The Bertz CT molecular complexity index is 1590. The van der Waals surface area contributed by atoms with Crippen LogP contribution in [-0.2, 0) is 36.5 Å². The second-order valence-electron chi connectivity index (χ2n) is 10.8. The Balaban J connectivity index is 0.000000332. The summed E-state index contributed by atoms with van der Waals surface area (Å²) >= 11 is 0. The Morgan fingerprint density at radius 1 is 0.523 bits per heavy atom. The van der Waals surface area contributed by atoms with E-state index < -0.39 is 36.2 Å². The number of halogens is 1. The minimum absolute atomic E-state index is 0.0785. The van der Waals surface area contributed by atoms with Crippen LogP contribution in [-0.4, -0.2) is 43.4 Å². The molecule has 0 amide bonds. The summed E-state index contributed by atoms with van der Waals surface area (Å²) in [6.07, 6.45) is -0.174. The molecule has 3 N–H and O–H groups in total. The van der Waals surface area contributed by atoms with E-state index >= 15 is 0 Å². The number of sulfonamides is 3. The van der Waals surface area contributed by atoms with Crippen molar-refractivity contribution in [3.05, 3.63) is 90.0 Å². The van der Waals surface area contributed by atoms with Gasteiger partial charge in [-0.3, -0.25) is 0 Å². The summed E-state index contributed by atoms with van der Waals surface area (Å²) in [5.74, 6) is 0. The SMILES string of the molecule is CC(C)NS(=O)(=O)c1ccc(C(C)F)cc1.CC(C)NS(=O)(=O)c1ccccc1.CCc1ccc(S(=O)(=O)NC(C)C)cc1. The number of nitrogens with one attached hydrogen (secondary N) is 3. The van der Waals surface area contributed by atoms with Crippen LogP contribution in [0.5, 0.6) is 0 Å². The molecule has 0 aromatic heterocycles. The fraction of sp³-hybridized carbons (Fsp3) is 0.419. The van der Waals surface area contributed by atoms with Gasteiger partial charge in [0.25, 0.3) is 0 Å². The van der Waals surface area contributed by atoms with E-state index in [0.717, 1.165) is 12.0 Å². The summed E-state index contributed by atoms with van der Waals surface area (Å²) in [5, 5.41) is 0. The molecule has 1 atom stereocenters. The lowest BCUT2D eigenvalue weighted by Gasteiger charge is -2.10. The Kier molecular flexibility index (Phi) is 15.8. The number of aryl methyl sites for hydroxylation is 1. The molecule has 3 aromatic carbocycles. The van der Waals surface area contributed by atoms with Crippen LogP contribution >= 0.6 is 0 Å². The van der Waals surface area contributed by atoms with Crippen LogP contribution in [0.3, 0.4) is 0 Å². The van der Waals surface area contributed by atoms with Gasteiger partial charge >= 0.3 is 0 Å². The second kappa shape index (κ2) is 17.7. The van der Waals surface area contributed by atoms with Crippen molar-refractivity contribution in [3.63, 3.8) is 0 Å². The second-order valence-corrected chi connectivity index (χ2v) is 16.0. The quantitative estimate of drug-likeness (QED) is 0.239. The molecule has 3 rings (SSSR count). The van der Waals surface area contributed by atoms with Crippen molar-refractivity contribution in [2.45, 2.75) is 101 Å². The molecule has 0 saturated heterocycles. The van der Waals surface area contributed by atoms with E-state index in [1.807, 2.05) is 19.1 Å². The summed E-state index contributed by atoms with van der Waals surface area (Å²) < 4.78 is 90.4. The van der Waals surface area contributed by atoms with Crippen molar-refractivity contribution < 1.29 is 29.6 Å². The zero-order chi connectivity index (χ0) is 33.7. The average Bonchev–Trinajstić information content (AvgIpc) is 2.92. The van der Waals surface area contributed by atoms with Crippen LogP contribution < -0.4 is 14.2 Å². The van der Waals surface area contributed by atoms with Crippen molar-refractivity contribution in [2.75, 3.05) is 0 Å². The third kappa shape index (κ3) is 14.0. The van der Waals surface area contributed by atoms with E-state index in [1.54, 1.807) is 84.0 Å². The molecular weight excluding hydrogens is 626 g/mol. The molecule has 13 heteroatoms. The molecule has 0 bridgehead atoms. The Morgan fingerprint density at radius 2 is 0.841 bits per heavy atom. The minimum Gasteiger partial charge on any atom is -0.243 e. The molecule has 1 unspecified atom stereocenters. The van der Waals surface area contributed by atoms with E-state index in [0.29, 0.717) is 15.4 Å². The van der Waals surface area contributed by atoms with Crippen LogP contribution in [0.1, 0.15) is 72.7 Å². The molecule has 0 radical (unpaired) electrons. The Labute approximate surface area is 263 Å². The maximum absolute atomic E-state index is 12.9. The molecule has 0 heterocycles. The lowest BCUT2D eigenvalue weighted by atomic mass is 10.1. The van der Waals surface area contributed by atoms with E-state index in [9.17, 15) is 29.6 Å². The number of rotatable bonds is 11. The highest BCUT2D eigenvalue weighted by molar-refractivity contribution is 7.90. The van der Waals surface area contributed by atoms with Crippen molar-refractivity contribution in [2.24, 2.45) is 0 Å². The molecule has 0 spiro atoms. The summed E-state index contributed by atoms with van der Waals surface area (Å²) in [7, 11) is -10.1. The smallest absolute Gasteiger partial charge is 0.240 e. The van der Waals surface area contributed by atoms with Gasteiger partial charge in [-0.05, 0) is 102 Å². The molecule has 0 fully saturated rings. The molecule has 0 aliphatic carbocycles. The predicted molar refractivity (Wildman–Crippen MR) is 175 cm³/mol. The maximum atomic E-state index is 12.9. The largest absolute Gasteiger partial charge is 0.243 e. The molecule has 0 aliphatic heterocycles. The highest BCUT2D eigenvalue weighted by Gasteiger charge is 2.16. The fourth-order valence-electron chi connectivity index (χ4n) is 3.55. The third-order valence-electron chi connectivity index (χ3n) is 5.52. The molecule has 0 aliphatic rings. The van der Waals surface area contributed by atoms with Gasteiger partial charge in [0.05, 0.1) is 14.7 Å². The van der Waals surface area contributed by atoms with E-state index in [-0.39, 0.29) is 23.0 Å². The van der Waals surface area contributed by atoms with Crippen LogP contribution in [0.25, 0.3) is 0 Å². The molecule has 44 heavy (non-hydrogen) atoms. The van der Waals surface area contributed by atoms with E-state index in [1.165, 1.54) is 31.2 Å². The Morgan fingerprint density at radius 3 is 1.14 bits per heavy atom. The van der Waals surface area contributed by atoms with Crippen LogP contribution in [0.15, 0.2) is 93.5 Å². The maximum Gasteiger partial charge on any atom is 0.240 e. The zero-order valence-corrected chi connectivity index (χ0v) is 29.0. The fourth-order valence-corrected chi connectivity index (χ4v) is 7.33. The topological polar surface area (TPSA) is 139 Å². The summed E-state index contributed by atoms with van der Waals surface area (Å²) in [4.78, 5) is 0.794. The standard InChI is InChI=1S/C11H16FNO2S.C11H17NO2S.C9H13NO2S/c1-8(2)13-16(14,15)11-6-4-10(5-7-11)9(3)12;1-4-10-5-7-11(8-6-10)15(13,14)12-9(2)3;1-8(2)10-13(11,12)9-6-4-3-5-7-9/h4-9,13H,1-3H3;5-9,12H,4H2,1-3H3;3-8,10H,1-2H3. The molecular formula is C31H46FN3O6S3. The number of hydrogen-bond donors (Lipinski definition) is 3. The van der Waals surface area contributed by atoms with Crippen LogP contribution in [0.4, 0.5) is 4.39 Å². The van der Waals surface area contributed by atoms with Crippen molar-refractivity contribution in [3.8, 4) is 0 Å². The van der Waals surface area contributed by atoms with Gasteiger partial charge in [-0.1, -0.05) is 49.4 Å². The van der Waals surface area contributed by atoms with Gasteiger partial charge in [-0.2, -0.15) is 0 Å². The monoisotopic (exact) mass is 671 g/mol. The summed E-state index contributed by atoms with van der Waals surface area (Å²) in [5.41, 5.74) is 1.61.